The third-order valence-electron chi connectivity index (χ3n) is 2.51. The lowest BCUT2D eigenvalue weighted by molar-refractivity contribution is -0.121. The van der Waals surface area contributed by atoms with E-state index < -0.39 is 0 Å². The van der Waals surface area contributed by atoms with Crippen LogP contribution in [0.4, 0.5) is 0 Å². The summed E-state index contributed by atoms with van der Waals surface area (Å²) < 4.78 is 4.89. The van der Waals surface area contributed by atoms with Gasteiger partial charge >= 0.3 is 0 Å². The number of ether oxygens (including phenoxy) is 1. The van der Waals surface area contributed by atoms with E-state index in [1.165, 1.54) is 0 Å². The first-order valence-electron chi connectivity index (χ1n) is 6.20. The number of carbonyl (C=O) groups is 1. The van der Waals surface area contributed by atoms with Gasteiger partial charge in [-0.1, -0.05) is 24.0 Å². The van der Waals surface area contributed by atoms with Gasteiger partial charge in [-0.15, -0.1) is 0 Å². The van der Waals surface area contributed by atoms with Crippen molar-refractivity contribution in [2.45, 2.75) is 19.4 Å². The summed E-state index contributed by atoms with van der Waals surface area (Å²) in [6.45, 7) is 0.977. The van der Waals surface area contributed by atoms with Crippen LogP contribution in [0, 0.1) is 11.8 Å². The molecular formula is C15H19NO3. The number of benzene rings is 1. The Morgan fingerprint density at radius 2 is 2.11 bits per heavy atom. The van der Waals surface area contributed by atoms with Crippen LogP contribution in [0.2, 0.25) is 0 Å². The molecule has 2 N–H and O–H groups in total. The molecule has 0 saturated carbocycles. The number of methoxy groups -OCH3 is 1. The maximum absolute atomic E-state index is 11.5. The van der Waals surface area contributed by atoms with Gasteiger partial charge in [0.25, 0.3) is 0 Å². The normalized spacial score (nSPS) is 9.58. The predicted molar refractivity (Wildman–Crippen MR) is 73.4 cm³/mol. The van der Waals surface area contributed by atoms with Crippen LogP contribution < -0.4 is 5.32 Å². The van der Waals surface area contributed by atoms with Gasteiger partial charge < -0.3 is 15.2 Å². The third kappa shape index (κ3) is 6.61. The molecule has 0 aliphatic rings. The van der Waals surface area contributed by atoms with Gasteiger partial charge in [0, 0.05) is 32.2 Å². The molecule has 0 unspecified atom stereocenters. The second-order valence-electron chi connectivity index (χ2n) is 4.03. The van der Waals surface area contributed by atoms with E-state index in [1.807, 2.05) is 24.3 Å². The molecule has 102 valence electrons. The minimum absolute atomic E-state index is 0.0289. The zero-order valence-electron chi connectivity index (χ0n) is 11.1. The van der Waals surface area contributed by atoms with Gasteiger partial charge in [-0.05, 0) is 24.1 Å². The largest absolute Gasteiger partial charge is 0.385 e. The zero-order valence-corrected chi connectivity index (χ0v) is 11.1. The number of hydrogen-bond donors (Lipinski definition) is 2. The number of carbonyl (C=O) groups excluding carboxylic acids is 1. The SMILES string of the molecule is COCCCC(=O)NCc1ccc(C#CCO)cc1. The van der Waals surface area contributed by atoms with Crippen LogP contribution in [0.1, 0.15) is 24.0 Å². The van der Waals surface area contributed by atoms with Gasteiger partial charge in [-0.2, -0.15) is 0 Å². The topological polar surface area (TPSA) is 58.6 Å². The average molecular weight is 261 g/mol. The Morgan fingerprint density at radius 1 is 1.37 bits per heavy atom. The summed E-state index contributed by atoms with van der Waals surface area (Å²) in [6, 6.07) is 7.57. The number of rotatable bonds is 6. The minimum atomic E-state index is -0.140. The van der Waals surface area contributed by atoms with Crippen LogP contribution in [-0.4, -0.2) is 31.3 Å². The van der Waals surface area contributed by atoms with E-state index in [4.69, 9.17) is 9.84 Å². The first-order valence-corrected chi connectivity index (χ1v) is 6.20. The molecule has 0 aromatic heterocycles. The highest BCUT2D eigenvalue weighted by Gasteiger charge is 2.00. The van der Waals surface area contributed by atoms with Gasteiger partial charge in [0.15, 0.2) is 0 Å². The molecule has 0 aliphatic heterocycles. The molecule has 1 aromatic rings. The van der Waals surface area contributed by atoms with E-state index in [2.05, 4.69) is 17.2 Å². The summed E-state index contributed by atoms with van der Waals surface area (Å²) in [6.07, 6.45) is 1.21. The summed E-state index contributed by atoms with van der Waals surface area (Å²) in [7, 11) is 1.62. The quantitative estimate of drug-likeness (QED) is 0.595. The van der Waals surface area contributed by atoms with Crippen LogP contribution in [0.3, 0.4) is 0 Å². The van der Waals surface area contributed by atoms with Crippen molar-refractivity contribution in [3.05, 3.63) is 35.4 Å². The summed E-state index contributed by atoms with van der Waals surface area (Å²) in [5.74, 6) is 5.44. The fourth-order valence-electron chi connectivity index (χ4n) is 1.51. The van der Waals surface area contributed by atoms with Crippen molar-refractivity contribution in [1.82, 2.24) is 5.32 Å². The zero-order chi connectivity index (χ0) is 13.9. The Labute approximate surface area is 113 Å². The second kappa shape index (κ2) is 9.15. The van der Waals surface area contributed by atoms with Crippen LogP contribution in [-0.2, 0) is 16.1 Å². The van der Waals surface area contributed by atoms with Crippen LogP contribution in [0.5, 0.6) is 0 Å². The first-order chi connectivity index (χ1) is 9.26. The van der Waals surface area contributed by atoms with Crippen molar-refractivity contribution in [3.8, 4) is 11.8 Å². The molecule has 1 aromatic carbocycles. The van der Waals surface area contributed by atoms with Gasteiger partial charge in [0.05, 0.1) is 0 Å². The van der Waals surface area contributed by atoms with Crippen LogP contribution in [0.25, 0.3) is 0 Å². The lowest BCUT2D eigenvalue weighted by atomic mass is 10.1. The minimum Gasteiger partial charge on any atom is -0.385 e. The molecule has 0 radical (unpaired) electrons. The molecular weight excluding hydrogens is 242 g/mol. The molecule has 4 nitrogen and oxygen atoms in total. The van der Waals surface area contributed by atoms with E-state index in [0.717, 1.165) is 17.5 Å². The molecule has 0 fully saturated rings. The number of amides is 1. The number of hydrogen-bond acceptors (Lipinski definition) is 3. The van der Waals surface area contributed by atoms with E-state index in [-0.39, 0.29) is 12.5 Å². The lowest BCUT2D eigenvalue weighted by Gasteiger charge is -2.05. The fourth-order valence-corrected chi connectivity index (χ4v) is 1.51. The smallest absolute Gasteiger partial charge is 0.220 e. The standard InChI is InChI=1S/C15H19NO3/c1-19-11-3-5-15(18)16-12-14-8-6-13(7-9-14)4-2-10-17/h6-9,17H,3,5,10-12H2,1H3,(H,16,18). The number of nitrogens with one attached hydrogen (secondary N) is 1. The van der Waals surface area contributed by atoms with Crippen molar-refractivity contribution in [1.29, 1.82) is 0 Å². The molecule has 0 saturated heterocycles. The van der Waals surface area contributed by atoms with Gasteiger partial charge in [-0.25, -0.2) is 0 Å². The van der Waals surface area contributed by atoms with Crippen molar-refractivity contribution in [3.63, 3.8) is 0 Å². The Balaban J connectivity index is 2.35. The lowest BCUT2D eigenvalue weighted by Crippen LogP contribution is -2.22. The molecule has 0 heterocycles. The van der Waals surface area contributed by atoms with Crippen molar-refractivity contribution in [2.24, 2.45) is 0 Å². The van der Waals surface area contributed by atoms with Crippen molar-refractivity contribution in [2.75, 3.05) is 20.3 Å². The molecule has 0 atom stereocenters. The highest BCUT2D eigenvalue weighted by Crippen LogP contribution is 2.03. The Morgan fingerprint density at radius 3 is 2.74 bits per heavy atom. The van der Waals surface area contributed by atoms with E-state index in [1.54, 1.807) is 7.11 Å². The maximum Gasteiger partial charge on any atom is 0.220 e. The second-order valence-corrected chi connectivity index (χ2v) is 4.03. The Bertz CT molecular complexity index is 443. The molecule has 0 bridgehead atoms. The summed E-state index contributed by atoms with van der Waals surface area (Å²) >= 11 is 0. The third-order valence-corrected chi connectivity index (χ3v) is 2.51. The Hall–Kier alpha value is -1.83. The van der Waals surface area contributed by atoms with Gasteiger partial charge in [-0.3, -0.25) is 4.79 Å². The van der Waals surface area contributed by atoms with E-state index >= 15 is 0 Å². The van der Waals surface area contributed by atoms with Crippen molar-refractivity contribution >= 4 is 5.91 Å². The molecule has 0 spiro atoms. The fraction of sp³-hybridized carbons (Fsp3) is 0.400. The molecule has 19 heavy (non-hydrogen) atoms. The highest BCUT2D eigenvalue weighted by atomic mass is 16.5. The molecule has 0 aliphatic carbocycles. The van der Waals surface area contributed by atoms with E-state index in [0.29, 0.717) is 19.6 Å². The predicted octanol–water partition coefficient (Wildman–Crippen LogP) is 1.07. The van der Waals surface area contributed by atoms with Crippen molar-refractivity contribution < 1.29 is 14.6 Å². The highest BCUT2D eigenvalue weighted by molar-refractivity contribution is 5.75. The van der Waals surface area contributed by atoms with Crippen LogP contribution >= 0.6 is 0 Å². The summed E-state index contributed by atoms with van der Waals surface area (Å²) in [5, 5.41) is 11.4. The number of aliphatic hydroxyl groups is 1. The molecule has 1 rings (SSSR count). The maximum atomic E-state index is 11.5. The summed E-state index contributed by atoms with van der Waals surface area (Å²) in [5.41, 5.74) is 1.87. The van der Waals surface area contributed by atoms with Gasteiger partial charge in [0.1, 0.15) is 6.61 Å². The summed E-state index contributed by atoms with van der Waals surface area (Å²) in [4.78, 5) is 11.5. The monoisotopic (exact) mass is 261 g/mol. The first kappa shape index (κ1) is 15.2. The Kier molecular flexibility index (Phi) is 7.33. The molecule has 1 amide bonds. The van der Waals surface area contributed by atoms with E-state index in [9.17, 15) is 4.79 Å². The molecule has 4 heteroatoms. The number of aliphatic hydroxyl groups excluding tert-OH is 1. The van der Waals surface area contributed by atoms with Gasteiger partial charge in [0.2, 0.25) is 5.91 Å². The van der Waals surface area contributed by atoms with Crippen LogP contribution in [0.15, 0.2) is 24.3 Å². The average Bonchev–Trinajstić information content (AvgIpc) is 2.44.